The lowest BCUT2D eigenvalue weighted by atomic mass is 10.2. The van der Waals surface area contributed by atoms with E-state index in [0.29, 0.717) is 11.7 Å². The highest BCUT2D eigenvalue weighted by Gasteiger charge is 2.10. The van der Waals surface area contributed by atoms with E-state index in [0.717, 1.165) is 23.5 Å². The molecule has 1 N–H and O–H groups in total. The van der Waals surface area contributed by atoms with Gasteiger partial charge >= 0.3 is 0 Å². The average Bonchev–Trinajstić information content (AvgIpc) is 3.12. The molecule has 3 aromatic rings. The predicted molar refractivity (Wildman–Crippen MR) is 94.3 cm³/mol. The maximum atomic E-state index is 6.23. The van der Waals surface area contributed by atoms with Gasteiger partial charge in [-0.2, -0.15) is 5.10 Å². The van der Waals surface area contributed by atoms with E-state index in [2.05, 4.69) is 39.7 Å². The van der Waals surface area contributed by atoms with Crippen molar-refractivity contribution in [3.05, 3.63) is 65.0 Å². The van der Waals surface area contributed by atoms with E-state index in [1.54, 1.807) is 17.2 Å². The Hall–Kier alpha value is -1.82. The van der Waals surface area contributed by atoms with E-state index >= 15 is 0 Å². The number of imidazole rings is 1. The van der Waals surface area contributed by atoms with Crippen LogP contribution in [-0.4, -0.2) is 19.3 Å². The summed E-state index contributed by atoms with van der Waals surface area (Å²) in [6, 6.07) is 8.39. The number of hydrogen-bond donors (Lipinski definition) is 1. The first-order valence-corrected chi connectivity index (χ1v) is 7.49. The van der Waals surface area contributed by atoms with Crippen molar-refractivity contribution < 1.29 is 0 Å². The molecule has 0 amide bonds. The van der Waals surface area contributed by atoms with Gasteiger partial charge in [-0.3, -0.25) is 4.68 Å². The maximum Gasteiger partial charge on any atom is 0.131 e. The molecule has 5 nitrogen and oxygen atoms in total. The van der Waals surface area contributed by atoms with Crippen molar-refractivity contribution in [2.24, 2.45) is 7.05 Å². The van der Waals surface area contributed by atoms with Gasteiger partial charge in [-0.25, -0.2) is 4.98 Å². The second-order valence-corrected chi connectivity index (χ2v) is 5.58. The van der Waals surface area contributed by atoms with E-state index < -0.39 is 0 Å². The first-order valence-electron chi connectivity index (χ1n) is 7.11. The van der Waals surface area contributed by atoms with Crippen molar-refractivity contribution >= 4 is 24.0 Å². The van der Waals surface area contributed by atoms with Crippen LogP contribution in [0.1, 0.15) is 16.8 Å². The summed E-state index contributed by atoms with van der Waals surface area (Å²) in [6.07, 6.45) is 5.50. The van der Waals surface area contributed by atoms with E-state index in [9.17, 15) is 0 Å². The minimum atomic E-state index is 0. The summed E-state index contributed by atoms with van der Waals surface area (Å²) in [7, 11) is 1.85. The van der Waals surface area contributed by atoms with Gasteiger partial charge in [0.1, 0.15) is 5.15 Å². The molecule has 122 valence electrons. The van der Waals surface area contributed by atoms with Crippen LogP contribution in [0.5, 0.6) is 0 Å². The summed E-state index contributed by atoms with van der Waals surface area (Å²) in [5, 5.41) is 8.42. The fourth-order valence-corrected chi connectivity index (χ4v) is 2.65. The molecule has 0 fully saturated rings. The van der Waals surface area contributed by atoms with Crippen molar-refractivity contribution in [1.82, 2.24) is 24.6 Å². The number of hydrogen-bond acceptors (Lipinski definition) is 3. The molecule has 2 aromatic heterocycles. The van der Waals surface area contributed by atoms with Gasteiger partial charge in [0, 0.05) is 43.8 Å². The van der Waals surface area contributed by atoms with Gasteiger partial charge in [-0.05, 0) is 24.6 Å². The van der Waals surface area contributed by atoms with E-state index in [-0.39, 0.29) is 12.4 Å². The van der Waals surface area contributed by atoms with Crippen LogP contribution in [0.3, 0.4) is 0 Å². The average molecular weight is 352 g/mol. The Morgan fingerprint density at radius 2 is 1.91 bits per heavy atom. The molecule has 1 aromatic carbocycles. The van der Waals surface area contributed by atoms with Gasteiger partial charge in [-0.1, -0.05) is 23.7 Å². The van der Waals surface area contributed by atoms with Crippen molar-refractivity contribution in [2.75, 3.05) is 0 Å². The van der Waals surface area contributed by atoms with Crippen molar-refractivity contribution in [3.63, 3.8) is 0 Å². The summed E-state index contributed by atoms with van der Waals surface area (Å²) in [4.78, 5) is 4.05. The Balaban J connectivity index is 0.00000192. The zero-order valence-electron chi connectivity index (χ0n) is 13.0. The highest BCUT2D eigenvalue weighted by Crippen LogP contribution is 2.18. The van der Waals surface area contributed by atoms with Crippen LogP contribution in [0.4, 0.5) is 0 Å². The Labute approximate surface area is 146 Å². The van der Waals surface area contributed by atoms with Gasteiger partial charge in [0.25, 0.3) is 0 Å². The molecule has 7 heteroatoms. The molecule has 0 aliphatic carbocycles. The number of rotatable bonds is 5. The Bertz CT molecular complexity index is 748. The molecule has 0 unspecified atom stereocenters. The highest BCUT2D eigenvalue weighted by molar-refractivity contribution is 6.30. The molecule has 0 saturated heterocycles. The number of aromatic nitrogens is 4. The van der Waals surface area contributed by atoms with Gasteiger partial charge in [0.15, 0.2) is 0 Å². The van der Waals surface area contributed by atoms with Crippen molar-refractivity contribution in [3.8, 4) is 5.69 Å². The van der Waals surface area contributed by atoms with Crippen LogP contribution >= 0.6 is 24.0 Å². The molecular formula is C16H19Cl2N5. The van der Waals surface area contributed by atoms with Crippen LogP contribution in [0.25, 0.3) is 5.69 Å². The van der Waals surface area contributed by atoms with Crippen molar-refractivity contribution in [2.45, 2.75) is 20.0 Å². The molecule has 0 spiro atoms. The zero-order valence-corrected chi connectivity index (χ0v) is 14.6. The quantitative estimate of drug-likeness (QED) is 0.767. The van der Waals surface area contributed by atoms with Crippen LogP contribution in [-0.2, 0) is 20.1 Å². The monoisotopic (exact) mass is 351 g/mol. The maximum absolute atomic E-state index is 6.23. The molecule has 0 aliphatic heterocycles. The largest absolute Gasteiger partial charge is 0.308 e. The zero-order chi connectivity index (χ0) is 15.5. The first kappa shape index (κ1) is 17.5. The van der Waals surface area contributed by atoms with E-state index in [1.807, 2.05) is 24.7 Å². The number of benzene rings is 1. The molecule has 2 heterocycles. The fourth-order valence-electron chi connectivity index (χ4n) is 2.40. The minimum Gasteiger partial charge on any atom is -0.308 e. The highest BCUT2D eigenvalue weighted by atomic mass is 35.5. The summed E-state index contributed by atoms with van der Waals surface area (Å²) >= 11 is 6.23. The molecule has 0 saturated carbocycles. The van der Waals surface area contributed by atoms with Gasteiger partial charge in [0.2, 0.25) is 0 Å². The van der Waals surface area contributed by atoms with Crippen LogP contribution in [0.15, 0.2) is 43.0 Å². The third-order valence-electron chi connectivity index (χ3n) is 3.64. The molecule has 0 atom stereocenters. The Morgan fingerprint density at radius 3 is 2.48 bits per heavy atom. The fraction of sp³-hybridized carbons (Fsp3) is 0.250. The van der Waals surface area contributed by atoms with Gasteiger partial charge in [0.05, 0.1) is 12.0 Å². The van der Waals surface area contributed by atoms with Gasteiger partial charge < -0.3 is 9.88 Å². The second kappa shape index (κ2) is 7.64. The SMILES string of the molecule is Cc1nn(C)c(Cl)c1CNCc1ccc(-n2ccnc2)cc1.Cl. The lowest BCUT2D eigenvalue weighted by molar-refractivity contribution is 0.690. The third kappa shape index (κ3) is 3.93. The summed E-state index contributed by atoms with van der Waals surface area (Å²) in [5.74, 6) is 0. The first-order chi connectivity index (χ1) is 10.6. The number of nitrogens with one attached hydrogen (secondary N) is 1. The van der Waals surface area contributed by atoms with Crippen LogP contribution in [0.2, 0.25) is 5.15 Å². The van der Waals surface area contributed by atoms with E-state index in [4.69, 9.17) is 11.6 Å². The lowest BCUT2D eigenvalue weighted by Gasteiger charge is -2.07. The summed E-state index contributed by atoms with van der Waals surface area (Å²) < 4.78 is 3.68. The van der Waals surface area contributed by atoms with Crippen molar-refractivity contribution in [1.29, 1.82) is 0 Å². The normalized spacial score (nSPS) is 10.6. The molecule has 3 rings (SSSR count). The van der Waals surface area contributed by atoms with Crippen LogP contribution in [0, 0.1) is 6.92 Å². The Kier molecular flexibility index (Phi) is 5.82. The molecule has 23 heavy (non-hydrogen) atoms. The molecular weight excluding hydrogens is 333 g/mol. The smallest absolute Gasteiger partial charge is 0.131 e. The standard InChI is InChI=1S/C16H18ClN5.ClH/c1-12-15(16(17)21(2)20-12)10-19-9-13-3-5-14(6-4-13)22-8-7-18-11-22;/h3-8,11,19H,9-10H2,1-2H3;1H. The molecule has 0 aliphatic rings. The third-order valence-corrected chi connectivity index (χ3v) is 4.11. The van der Waals surface area contributed by atoms with E-state index in [1.165, 1.54) is 5.56 Å². The number of halogens is 2. The lowest BCUT2D eigenvalue weighted by Crippen LogP contribution is -2.13. The Morgan fingerprint density at radius 1 is 1.17 bits per heavy atom. The number of aryl methyl sites for hydroxylation is 2. The second-order valence-electron chi connectivity index (χ2n) is 5.22. The number of nitrogens with zero attached hydrogens (tertiary/aromatic N) is 4. The van der Waals surface area contributed by atoms with Crippen LogP contribution < -0.4 is 5.32 Å². The topological polar surface area (TPSA) is 47.7 Å². The summed E-state index contributed by atoms with van der Waals surface area (Å²) in [5.41, 5.74) is 4.35. The predicted octanol–water partition coefficient (Wildman–Crippen LogP) is 3.28. The van der Waals surface area contributed by atoms with Gasteiger partial charge in [-0.15, -0.1) is 12.4 Å². The molecule has 0 bridgehead atoms. The summed E-state index contributed by atoms with van der Waals surface area (Å²) in [6.45, 7) is 3.47. The molecule has 0 radical (unpaired) electrons. The minimum absolute atomic E-state index is 0.